The van der Waals surface area contributed by atoms with Gasteiger partial charge in [-0.25, -0.2) is 0 Å². The number of anilines is 1. The number of carbonyl (C=O) groups is 1. The molecule has 2 rings (SSSR count). The first kappa shape index (κ1) is 9.08. The summed E-state index contributed by atoms with van der Waals surface area (Å²) < 4.78 is 0. The summed E-state index contributed by atoms with van der Waals surface area (Å²) in [4.78, 5) is 14.7. The van der Waals surface area contributed by atoms with Gasteiger partial charge in [0.25, 0.3) is 0 Å². The van der Waals surface area contributed by atoms with Crippen molar-refractivity contribution in [3.05, 3.63) is 29.8 Å². The van der Waals surface area contributed by atoms with Crippen molar-refractivity contribution in [3.63, 3.8) is 0 Å². The molecule has 0 spiro atoms. The van der Waals surface area contributed by atoms with Crippen LogP contribution in [0.15, 0.2) is 24.3 Å². The molecule has 72 valence electrons. The predicted molar refractivity (Wildman–Crippen MR) is 54.9 cm³/mol. The van der Waals surface area contributed by atoms with Crippen molar-refractivity contribution in [1.29, 1.82) is 0 Å². The molecule has 0 bridgehead atoms. The Morgan fingerprint density at radius 1 is 1.21 bits per heavy atom. The fraction of sp³-hybridized carbons (Fsp3) is 0.222. The van der Waals surface area contributed by atoms with E-state index in [1.165, 1.54) is 4.81 Å². The molecule has 1 amide bonds. The van der Waals surface area contributed by atoms with Gasteiger partial charge in [-0.2, -0.15) is 0 Å². The number of nitrogens with zero attached hydrogens (tertiary/aromatic N) is 2. The van der Waals surface area contributed by atoms with E-state index in [0.717, 1.165) is 5.69 Å². The number of hydrogen-bond donors (Lipinski definition) is 1. The lowest BCUT2D eigenvalue weighted by molar-refractivity contribution is 0.0859. The van der Waals surface area contributed by atoms with Gasteiger partial charge in [0.2, 0.25) is 5.91 Å². The van der Waals surface area contributed by atoms with Crippen molar-refractivity contribution in [1.82, 2.24) is 4.81 Å². The second kappa shape index (κ2) is 3.03. The normalized spacial score (nSPS) is 15.9. The second-order valence-corrected chi connectivity index (χ2v) is 3.39. The zero-order valence-electron chi connectivity index (χ0n) is 8.14. The summed E-state index contributed by atoms with van der Waals surface area (Å²) in [6.07, 6.45) is 0. The third-order valence-corrected chi connectivity index (χ3v) is 2.53. The van der Waals surface area contributed by atoms with Crippen LogP contribution >= 0.6 is 0 Å². The van der Waals surface area contributed by atoms with Crippen molar-refractivity contribution in [2.45, 2.75) is 0 Å². The molecule has 0 radical (unpaired) electrons. The number of carbonyl (C=O) groups excluding carboxylic acids is 1. The molecule has 0 saturated carbocycles. The van der Waals surface area contributed by atoms with Crippen LogP contribution in [0.25, 0.3) is 0 Å². The quantitative estimate of drug-likeness (QED) is 0.593. The fourth-order valence-electron chi connectivity index (χ4n) is 1.64. The van der Waals surface area contributed by atoms with E-state index < -0.39 is 7.19 Å². The molecular formula is C9H11BN2O2. The Balaban J connectivity index is 2.56. The number of amides is 1. The molecule has 1 N–H and O–H groups in total. The van der Waals surface area contributed by atoms with Crippen LogP contribution in [0.4, 0.5) is 5.69 Å². The maximum atomic E-state index is 11.7. The van der Waals surface area contributed by atoms with Gasteiger partial charge < -0.3 is 14.6 Å². The van der Waals surface area contributed by atoms with E-state index in [0.29, 0.717) is 5.56 Å². The van der Waals surface area contributed by atoms with Crippen LogP contribution in [-0.2, 0) is 0 Å². The minimum atomic E-state index is -0.877. The largest absolute Gasteiger partial charge is 0.547 e. The van der Waals surface area contributed by atoms with Crippen LogP contribution in [0.2, 0.25) is 0 Å². The highest BCUT2D eigenvalue weighted by Crippen LogP contribution is 2.25. The average molecular weight is 190 g/mol. The molecule has 1 aromatic carbocycles. The fourth-order valence-corrected chi connectivity index (χ4v) is 1.64. The Bertz CT molecular complexity index is 383. The molecule has 0 unspecified atom stereocenters. The van der Waals surface area contributed by atoms with Crippen LogP contribution in [0.1, 0.15) is 10.4 Å². The number of para-hydroxylation sites is 1. The Hall–Kier alpha value is -1.49. The van der Waals surface area contributed by atoms with E-state index in [2.05, 4.69) is 0 Å². The number of rotatable bonds is 0. The molecule has 1 aliphatic heterocycles. The number of fused-ring (bicyclic) bond motifs is 1. The van der Waals surface area contributed by atoms with E-state index in [4.69, 9.17) is 0 Å². The molecule has 1 aromatic rings. The predicted octanol–water partition coefficient (Wildman–Crippen LogP) is 0.186. The third kappa shape index (κ3) is 1.09. The zero-order chi connectivity index (χ0) is 10.3. The first-order valence-corrected chi connectivity index (χ1v) is 4.40. The molecule has 1 heterocycles. The van der Waals surface area contributed by atoms with Gasteiger partial charge in [-0.05, 0) is 19.2 Å². The van der Waals surface area contributed by atoms with E-state index in [1.54, 1.807) is 25.0 Å². The molecular weight excluding hydrogens is 179 g/mol. The van der Waals surface area contributed by atoms with Crippen LogP contribution in [-0.4, -0.2) is 37.0 Å². The van der Waals surface area contributed by atoms with Gasteiger partial charge in [0, 0.05) is 12.7 Å². The maximum absolute atomic E-state index is 11.7. The van der Waals surface area contributed by atoms with Gasteiger partial charge in [0.15, 0.2) is 0 Å². The second-order valence-electron chi connectivity index (χ2n) is 3.39. The molecule has 14 heavy (non-hydrogen) atoms. The lowest BCUT2D eigenvalue weighted by Gasteiger charge is -2.35. The Morgan fingerprint density at radius 2 is 1.86 bits per heavy atom. The summed E-state index contributed by atoms with van der Waals surface area (Å²) >= 11 is 0. The molecule has 5 heteroatoms. The summed E-state index contributed by atoms with van der Waals surface area (Å²) in [6, 6.07) is 7.25. The van der Waals surface area contributed by atoms with Gasteiger partial charge in [0.1, 0.15) is 0 Å². The average Bonchev–Trinajstić information content (AvgIpc) is 2.23. The molecule has 0 saturated heterocycles. The van der Waals surface area contributed by atoms with Crippen molar-refractivity contribution in [2.75, 3.05) is 18.9 Å². The zero-order valence-corrected chi connectivity index (χ0v) is 8.14. The molecule has 0 aliphatic carbocycles. The molecule has 4 nitrogen and oxygen atoms in total. The summed E-state index contributed by atoms with van der Waals surface area (Å²) in [5.41, 5.74) is 1.39. The van der Waals surface area contributed by atoms with Crippen molar-refractivity contribution in [3.8, 4) is 0 Å². The third-order valence-electron chi connectivity index (χ3n) is 2.53. The molecule has 1 aliphatic rings. The van der Waals surface area contributed by atoms with Gasteiger partial charge in [-0.3, -0.25) is 4.79 Å². The Kier molecular flexibility index (Phi) is 1.96. The van der Waals surface area contributed by atoms with Crippen LogP contribution in [0.3, 0.4) is 0 Å². The van der Waals surface area contributed by atoms with Gasteiger partial charge in [0.05, 0.1) is 5.56 Å². The lowest BCUT2D eigenvalue weighted by atomic mass is 9.88. The highest BCUT2D eigenvalue weighted by atomic mass is 16.2. The standard InChI is InChI=1S/C9H11BN2O2/c1-11-8-6-4-3-5-7(8)9(13)12(2)10(11)14/h3-6,14H,1-2H3. The summed E-state index contributed by atoms with van der Waals surface area (Å²) in [7, 11) is 2.46. The Morgan fingerprint density at radius 3 is 2.57 bits per heavy atom. The van der Waals surface area contributed by atoms with Gasteiger partial charge in [-0.15, -0.1) is 0 Å². The van der Waals surface area contributed by atoms with Crippen LogP contribution in [0, 0.1) is 0 Å². The van der Waals surface area contributed by atoms with E-state index in [1.807, 2.05) is 18.2 Å². The number of hydrogen-bond acceptors (Lipinski definition) is 3. The lowest BCUT2D eigenvalue weighted by Crippen LogP contribution is -2.56. The SMILES string of the molecule is CN1B(O)N(C)c2ccccc2C1=O. The van der Waals surface area contributed by atoms with Crippen molar-refractivity contribution >= 4 is 18.8 Å². The summed E-state index contributed by atoms with van der Waals surface area (Å²) in [5.74, 6) is -0.147. The minimum absolute atomic E-state index is 0.147. The van der Waals surface area contributed by atoms with Crippen LogP contribution < -0.4 is 4.81 Å². The topological polar surface area (TPSA) is 43.8 Å². The first-order valence-electron chi connectivity index (χ1n) is 4.40. The smallest absolute Gasteiger partial charge is 0.413 e. The van der Waals surface area contributed by atoms with Crippen molar-refractivity contribution in [2.24, 2.45) is 0 Å². The molecule has 0 atom stereocenters. The van der Waals surface area contributed by atoms with Gasteiger partial charge in [-0.1, -0.05) is 12.1 Å². The van der Waals surface area contributed by atoms with Crippen molar-refractivity contribution < 1.29 is 9.82 Å². The molecule has 0 aromatic heterocycles. The Labute approximate surface area is 82.9 Å². The first-order chi connectivity index (χ1) is 6.63. The summed E-state index contributed by atoms with van der Waals surface area (Å²) in [6.45, 7) is 0. The highest BCUT2D eigenvalue weighted by molar-refractivity contribution is 6.57. The van der Waals surface area contributed by atoms with E-state index >= 15 is 0 Å². The van der Waals surface area contributed by atoms with Crippen LogP contribution in [0.5, 0.6) is 0 Å². The summed E-state index contributed by atoms with van der Waals surface area (Å²) in [5, 5.41) is 9.69. The molecule has 0 fully saturated rings. The minimum Gasteiger partial charge on any atom is -0.413 e. The van der Waals surface area contributed by atoms with E-state index in [-0.39, 0.29) is 5.91 Å². The monoisotopic (exact) mass is 190 g/mol. The maximum Gasteiger partial charge on any atom is 0.547 e. The highest BCUT2D eigenvalue weighted by Gasteiger charge is 2.36. The number of benzene rings is 1. The van der Waals surface area contributed by atoms with E-state index in [9.17, 15) is 9.82 Å². The van der Waals surface area contributed by atoms with Gasteiger partial charge >= 0.3 is 7.19 Å².